The summed E-state index contributed by atoms with van der Waals surface area (Å²) in [5.41, 5.74) is 1.66. The van der Waals surface area contributed by atoms with Crippen molar-refractivity contribution in [3.05, 3.63) is 71.5 Å². The Kier molecular flexibility index (Phi) is 5.96. The molecule has 0 unspecified atom stereocenters. The van der Waals surface area contributed by atoms with Gasteiger partial charge in [0.25, 0.3) is 10.0 Å². The van der Waals surface area contributed by atoms with Gasteiger partial charge in [0.2, 0.25) is 0 Å². The van der Waals surface area contributed by atoms with Crippen LogP contribution < -0.4 is 4.72 Å². The van der Waals surface area contributed by atoms with E-state index in [1.54, 1.807) is 18.2 Å². The molecule has 0 spiro atoms. The average Bonchev–Trinajstić information content (AvgIpc) is 3.18. The second-order valence-electron chi connectivity index (χ2n) is 10.8. The van der Waals surface area contributed by atoms with Crippen LogP contribution in [0, 0.1) is 0 Å². The number of hydrogen-bond acceptors (Lipinski definition) is 5. The lowest BCUT2D eigenvalue weighted by Crippen LogP contribution is -2.16. The van der Waals surface area contributed by atoms with Gasteiger partial charge in [0, 0.05) is 21.6 Å². The third-order valence-corrected chi connectivity index (χ3v) is 7.42. The van der Waals surface area contributed by atoms with Crippen LogP contribution in [-0.4, -0.2) is 21.5 Å². The topological polar surface area (TPSA) is 85.6 Å². The highest BCUT2D eigenvalue weighted by molar-refractivity contribution is 7.92. The molecule has 35 heavy (non-hydrogen) atoms. The maximum absolute atomic E-state index is 13.4. The predicted octanol–water partition coefficient (Wildman–Crippen LogP) is 6.77. The van der Waals surface area contributed by atoms with Gasteiger partial charge in [0.15, 0.2) is 0 Å². The molecule has 0 aliphatic carbocycles. The standard InChI is InChI=1S/C28H31NO5S/c1-27(2,3)17-12-14-18(15-13-17)35(31,32)29-22-16-21-23(26(30)33-7)25(28(4,5)6)34-24(21)20-11-9-8-10-19(20)22/h8-16,29H,1-7H3. The fraction of sp³-hybridized carbons (Fsp3) is 0.321. The molecule has 0 saturated carbocycles. The number of furan rings is 1. The SMILES string of the molecule is COC(=O)c1c(C(C)(C)C)oc2c1cc(NS(=O)(=O)c1ccc(C(C)(C)C)cc1)c1ccccc12. The number of methoxy groups -OCH3 is 1. The number of benzene rings is 3. The van der Waals surface area contributed by atoms with Crippen molar-refractivity contribution in [1.29, 1.82) is 0 Å². The zero-order valence-corrected chi connectivity index (χ0v) is 22.0. The van der Waals surface area contributed by atoms with Gasteiger partial charge in [-0.3, -0.25) is 4.72 Å². The molecule has 1 N–H and O–H groups in total. The number of fused-ring (bicyclic) bond motifs is 3. The molecule has 0 saturated heterocycles. The number of rotatable bonds is 4. The number of esters is 1. The fourth-order valence-electron chi connectivity index (χ4n) is 4.17. The van der Waals surface area contributed by atoms with Crippen molar-refractivity contribution in [2.24, 2.45) is 0 Å². The summed E-state index contributed by atoms with van der Waals surface area (Å²) < 4.78 is 40.7. The van der Waals surface area contributed by atoms with Crippen LogP contribution in [0.2, 0.25) is 0 Å². The molecule has 4 rings (SSSR count). The van der Waals surface area contributed by atoms with Gasteiger partial charge in [0.1, 0.15) is 16.9 Å². The maximum atomic E-state index is 13.4. The molecule has 0 aliphatic rings. The zero-order chi connectivity index (χ0) is 25.8. The number of anilines is 1. The van der Waals surface area contributed by atoms with E-state index in [1.807, 2.05) is 57.2 Å². The van der Waals surface area contributed by atoms with Crippen molar-refractivity contribution in [1.82, 2.24) is 0 Å². The third-order valence-electron chi connectivity index (χ3n) is 6.04. The molecule has 184 valence electrons. The Morgan fingerprint density at radius 2 is 1.46 bits per heavy atom. The van der Waals surface area contributed by atoms with E-state index in [0.717, 1.165) is 5.56 Å². The van der Waals surface area contributed by atoms with Gasteiger partial charge in [-0.15, -0.1) is 0 Å². The van der Waals surface area contributed by atoms with E-state index >= 15 is 0 Å². The Hall–Kier alpha value is -3.32. The Balaban J connectivity index is 1.93. The Bertz CT molecular complexity index is 1530. The molecule has 7 heteroatoms. The van der Waals surface area contributed by atoms with E-state index in [-0.39, 0.29) is 10.3 Å². The number of carbonyl (C=O) groups is 1. The number of nitrogens with one attached hydrogen (secondary N) is 1. The first-order chi connectivity index (χ1) is 16.2. The highest BCUT2D eigenvalue weighted by Crippen LogP contribution is 2.41. The largest absolute Gasteiger partial charge is 0.465 e. The lowest BCUT2D eigenvalue weighted by atomic mass is 9.87. The first kappa shape index (κ1) is 24.8. The highest BCUT2D eigenvalue weighted by Gasteiger charge is 2.31. The molecular formula is C28H31NO5S. The van der Waals surface area contributed by atoms with Crippen LogP contribution in [0.3, 0.4) is 0 Å². The van der Waals surface area contributed by atoms with E-state index in [4.69, 9.17) is 9.15 Å². The molecule has 0 fully saturated rings. The molecule has 0 bridgehead atoms. The first-order valence-corrected chi connectivity index (χ1v) is 12.9. The van der Waals surface area contributed by atoms with Crippen molar-refractivity contribution in [2.75, 3.05) is 11.8 Å². The van der Waals surface area contributed by atoms with Crippen LogP contribution in [0.4, 0.5) is 5.69 Å². The van der Waals surface area contributed by atoms with E-state index in [9.17, 15) is 13.2 Å². The Labute approximate surface area is 206 Å². The molecular weight excluding hydrogens is 462 g/mol. The average molecular weight is 494 g/mol. The van der Waals surface area contributed by atoms with Crippen molar-refractivity contribution in [2.45, 2.75) is 57.3 Å². The van der Waals surface area contributed by atoms with Crippen molar-refractivity contribution >= 4 is 43.4 Å². The summed E-state index contributed by atoms with van der Waals surface area (Å²) in [4.78, 5) is 13.0. The molecule has 0 amide bonds. The summed E-state index contributed by atoms with van der Waals surface area (Å²) in [7, 11) is -2.57. The normalized spacial score (nSPS) is 12.8. The van der Waals surface area contributed by atoms with Crippen molar-refractivity contribution < 1.29 is 22.4 Å². The van der Waals surface area contributed by atoms with Crippen LogP contribution >= 0.6 is 0 Å². The van der Waals surface area contributed by atoms with E-state index in [0.29, 0.717) is 38.8 Å². The van der Waals surface area contributed by atoms with Crippen LogP contribution in [0.15, 0.2) is 63.9 Å². The van der Waals surface area contributed by atoms with Gasteiger partial charge < -0.3 is 9.15 Å². The minimum Gasteiger partial charge on any atom is -0.465 e. The first-order valence-electron chi connectivity index (χ1n) is 11.4. The Morgan fingerprint density at radius 3 is 2.00 bits per heavy atom. The van der Waals surface area contributed by atoms with Gasteiger partial charge in [-0.1, -0.05) is 77.9 Å². The summed E-state index contributed by atoms with van der Waals surface area (Å²) in [6.45, 7) is 12.1. The smallest absolute Gasteiger partial charge is 0.342 e. The van der Waals surface area contributed by atoms with Crippen LogP contribution in [0.25, 0.3) is 21.7 Å². The molecule has 0 atom stereocenters. The maximum Gasteiger partial charge on any atom is 0.342 e. The van der Waals surface area contributed by atoms with Gasteiger partial charge in [-0.2, -0.15) is 0 Å². The number of hydrogen-bond donors (Lipinski definition) is 1. The summed E-state index contributed by atoms with van der Waals surface area (Å²) in [5, 5.41) is 1.87. The van der Waals surface area contributed by atoms with E-state index in [2.05, 4.69) is 25.5 Å². The van der Waals surface area contributed by atoms with Crippen molar-refractivity contribution in [3.63, 3.8) is 0 Å². The molecule has 0 aliphatic heterocycles. The lowest BCUT2D eigenvalue weighted by molar-refractivity contribution is 0.0598. The van der Waals surface area contributed by atoms with Crippen LogP contribution in [0.1, 0.15) is 63.2 Å². The third kappa shape index (κ3) is 4.52. The fourth-order valence-corrected chi connectivity index (χ4v) is 5.25. The molecule has 6 nitrogen and oxygen atoms in total. The molecule has 1 heterocycles. The van der Waals surface area contributed by atoms with E-state index in [1.165, 1.54) is 7.11 Å². The number of sulfonamides is 1. The summed E-state index contributed by atoms with van der Waals surface area (Å²) in [6, 6.07) is 15.9. The van der Waals surface area contributed by atoms with E-state index < -0.39 is 21.4 Å². The molecule has 0 radical (unpaired) electrons. The minimum absolute atomic E-state index is 0.0900. The van der Waals surface area contributed by atoms with Gasteiger partial charge in [-0.25, -0.2) is 13.2 Å². The predicted molar refractivity (Wildman–Crippen MR) is 140 cm³/mol. The molecule has 1 aromatic heterocycles. The van der Waals surface area contributed by atoms with Gasteiger partial charge in [0.05, 0.1) is 17.7 Å². The molecule has 3 aromatic carbocycles. The van der Waals surface area contributed by atoms with Gasteiger partial charge in [-0.05, 0) is 29.2 Å². The summed E-state index contributed by atoms with van der Waals surface area (Å²) in [5.74, 6) is -0.0437. The van der Waals surface area contributed by atoms with Crippen molar-refractivity contribution in [3.8, 4) is 0 Å². The summed E-state index contributed by atoms with van der Waals surface area (Å²) >= 11 is 0. The number of carbonyl (C=O) groups excluding carboxylic acids is 1. The zero-order valence-electron chi connectivity index (χ0n) is 21.1. The van der Waals surface area contributed by atoms with Gasteiger partial charge >= 0.3 is 5.97 Å². The quantitative estimate of drug-likeness (QED) is 0.317. The monoisotopic (exact) mass is 493 g/mol. The van der Waals surface area contributed by atoms with Crippen LogP contribution in [0.5, 0.6) is 0 Å². The lowest BCUT2D eigenvalue weighted by Gasteiger charge is -2.19. The number of ether oxygens (including phenoxy) is 1. The summed E-state index contributed by atoms with van der Waals surface area (Å²) in [6.07, 6.45) is 0. The minimum atomic E-state index is -3.89. The highest BCUT2D eigenvalue weighted by atomic mass is 32.2. The second-order valence-corrected chi connectivity index (χ2v) is 12.5. The second kappa shape index (κ2) is 8.41. The molecule has 4 aromatic rings. The Morgan fingerprint density at radius 1 is 0.857 bits per heavy atom. The van der Waals surface area contributed by atoms with Crippen LogP contribution in [-0.2, 0) is 25.6 Å².